The second kappa shape index (κ2) is 13.2. The fourth-order valence-electron chi connectivity index (χ4n) is 3.46. The van der Waals surface area contributed by atoms with Crippen LogP contribution in [0.5, 0.6) is 0 Å². The zero-order valence-corrected chi connectivity index (χ0v) is 22.7. The van der Waals surface area contributed by atoms with E-state index in [2.05, 4.69) is 15.6 Å². The molecule has 0 aromatic heterocycles. The maximum atomic E-state index is 14.4. The first-order valence-electron chi connectivity index (χ1n) is 11.9. The van der Waals surface area contributed by atoms with E-state index >= 15 is 0 Å². The second-order valence-electron chi connectivity index (χ2n) is 8.81. The van der Waals surface area contributed by atoms with Crippen molar-refractivity contribution in [1.82, 2.24) is 10.2 Å². The highest BCUT2D eigenvalue weighted by Gasteiger charge is 2.18. The normalized spacial score (nSPS) is 14.1. The number of amides is 1. The average Bonchev–Trinajstić information content (AvgIpc) is 2.84. The maximum absolute atomic E-state index is 14.4. The Morgan fingerprint density at radius 3 is 2.44 bits per heavy atom. The van der Waals surface area contributed by atoms with Gasteiger partial charge in [-0.3, -0.25) is 9.79 Å². The van der Waals surface area contributed by atoms with E-state index in [1.54, 1.807) is 37.3 Å². The number of rotatable bonds is 10. The number of aliphatic imine (C=N–C) groups is 1. The van der Waals surface area contributed by atoms with Crippen LogP contribution in [-0.2, 0) is 0 Å². The summed E-state index contributed by atoms with van der Waals surface area (Å²) < 4.78 is 28.4. The Labute approximate surface area is 217 Å². The van der Waals surface area contributed by atoms with Crippen molar-refractivity contribution in [1.29, 1.82) is 0 Å². The second-order valence-corrected chi connectivity index (χ2v) is 9.22. The van der Waals surface area contributed by atoms with Crippen molar-refractivity contribution in [3.63, 3.8) is 0 Å². The topological polar surface area (TPSA) is 56.7 Å². The van der Waals surface area contributed by atoms with Crippen LogP contribution in [0.25, 0.3) is 5.57 Å². The van der Waals surface area contributed by atoms with Gasteiger partial charge in [-0.25, -0.2) is 8.78 Å². The van der Waals surface area contributed by atoms with Crippen LogP contribution in [0, 0.1) is 18.6 Å². The molecule has 0 radical (unpaired) electrons. The molecule has 2 unspecified atom stereocenters. The monoisotopic (exact) mass is 516 g/mol. The van der Waals surface area contributed by atoms with Crippen molar-refractivity contribution in [2.24, 2.45) is 4.99 Å². The highest BCUT2D eigenvalue weighted by Crippen LogP contribution is 2.24. The van der Waals surface area contributed by atoms with E-state index < -0.39 is 11.6 Å². The number of halogens is 3. The molecule has 194 valence electrons. The van der Waals surface area contributed by atoms with Crippen molar-refractivity contribution in [3.8, 4) is 0 Å². The van der Waals surface area contributed by atoms with Crippen LogP contribution in [-0.4, -0.2) is 35.8 Å². The van der Waals surface area contributed by atoms with Gasteiger partial charge in [0.25, 0.3) is 5.91 Å². The smallest absolute Gasteiger partial charge is 0.253 e. The first-order valence-corrected chi connectivity index (χ1v) is 12.3. The maximum Gasteiger partial charge on any atom is 0.253 e. The average molecular weight is 517 g/mol. The molecule has 1 amide bonds. The minimum absolute atomic E-state index is 0.0467. The quantitative estimate of drug-likeness (QED) is 0.260. The van der Waals surface area contributed by atoms with Gasteiger partial charge in [0.05, 0.1) is 16.3 Å². The summed E-state index contributed by atoms with van der Waals surface area (Å²) in [5.74, 6) is -1.96. The SMILES string of the molecule is C/C=C\N(C)C(Nc1ccc(C(=O)NC(C)CC)c(Cl)c1)C(C)=N/C=C(\C)c1ccc(C)c(F)c1F. The Kier molecular flexibility index (Phi) is 10.7. The van der Waals surface area contributed by atoms with E-state index in [0.717, 1.165) is 6.42 Å². The number of carbonyl (C=O) groups is 1. The zero-order valence-electron chi connectivity index (χ0n) is 21.9. The molecule has 2 aromatic rings. The Balaban J connectivity index is 2.33. The molecular formula is C28H35ClF2N4O. The van der Waals surface area contributed by atoms with Crippen LogP contribution in [0.4, 0.5) is 14.5 Å². The van der Waals surface area contributed by atoms with Crippen LogP contribution in [0.15, 0.2) is 53.8 Å². The minimum atomic E-state index is -0.885. The molecule has 2 aromatic carbocycles. The Hall–Kier alpha value is -3.19. The predicted molar refractivity (Wildman–Crippen MR) is 147 cm³/mol. The van der Waals surface area contributed by atoms with Crippen LogP contribution < -0.4 is 10.6 Å². The minimum Gasteiger partial charge on any atom is -0.360 e. The first kappa shape index (κ1) is 29.0. The lowest BCUT2D eigenvalue weighted by Gasteiger charge is -2.29. The van der Waals surface area contributed by atoms with Crippen LogP contribution in [0.3, 0.4) is 0 Å². The van der Waals surface area contributed by atoms with E-state index in [9.17, 15) is 13.6 Å². The van der Waals surface area contributed by atoms with Crippen LogP contribution >= 0.6 is 11.6 Å². The number of anilines is 1. The van der Waals surface area contributed by atoms with Gasteiger partial charge in [0.15, 0.2) is 11.6 Å². The molecule has 8 heteroatoms. The number of nitrogens with one attached hydrogen (secondary N) is 2. The number of hydrogen-bond donors (Lipinski definition) is 2. The molecule has 36 heavy (non-hydrogen) atoms. The standard InChI is InChI=1S/C28H35ClF2N4O/c1-8-14-35(7)27(20(6)32-16-18(4)22-12-10-17(3)25(30)26(22)31)34-21-11-13-23(24(29)15-21)28(36)33-19(5)9-2/h8,10-16,19,27,34H,9H2,1-7H3,(H,33,36)/b14-8-,18-16+,32-20?. The molecular weight excluding hydrogens is 482 g/mol. The number of aryl methyl sites for hydroxylation is 1. The molecule has 0 saturated carbocycles. The van der Waals surface area contributed by atoms with Gasteiger partial charge in [-0.2, -0.15) is 0 Å². The molecule has 2 atom stereocenters. The van der Waals surface area contributed by atoms with Gasteiger partial charge < -0.3 is 15.5 Å². The van der Waals surface area contributed by atoms with Gasteiger partial charge in [0.2, 0.25) is 0 Å². The Morgan fingerprint density at radius 2 is 1.83 bits per heavy atom. The lowest BCUT2D eigenvalue weighted by molar-refractivity contribution is 0.0939. The number of allylic oxidation sites excluding steroid dienone is 2. The van der Waals surface area contributed by atoms with Gasteiger partial charge in [-0.05, 0) is 76.6 Å². The van der Waals surface area contributed by atoms with E-state index in [-0.39, 0.29) is 29.2 Å². The fourth-order valence-corrected chi connectivity index (χ4v) is 3.73. The lowest BCUT2D eigenvalue weighted by Crippen LogP contribution is -2.40. The molecule has 0 aliphatic carbocycles. The van der Waals surface area contributed by atoms with Gasteiger partial charge in [-0.1, -0.05) is 36.7 Å². The predicted octanol–water partition coefficient (Wildman–Crippen LogP) is 7.18. The molecule has 0 aliphatic heterocycles. The summed E-state index contributed by atoms with van der Waals surface area (Å²) in [6.07, 6.45) is 5.75. The van der Waals surface area contributed by atoms with Crippen LogP contribution in [0.2, 0.25) is 5.02 Å². The van der Waals surface area contributed by atoms with Crippen molar-refractivity contribution >= 4 is 34.5 Å². The number of benzene rings is 2. The Bertz CT molecular complexity index is 1180. The summed E-state index contributed by atoms with van der Waals surface area (Å²) in [4.78, 5) is 18.9. The summed E-state index contributed by atoms with van der Waals surface area (Å²) >= 11 is 6.43. The third-order valence-electron chi connectivity index (χ3n) is 5.86. The summed E-state index contributed by atoms with van der Waals surface area (Å²) in [5.41, 5.74) is 2.69. The van der Waals surface area contributed by atoms with Crippen molar-refractivity contribution < 1.29 is 13.6 Å². The van der Waals surface area contributed by atoms with Crippen molar-refractivity contribution in [2.75, 3.05) is 12.4 Å². The third kappa shape index (κ3) is 7.40. The molecule has 2 rings (SSSR count). The van der Waals surface area contributed by atoms with E-state index in [1.807, 2.05) is 51.9 Å². The molecule has 0 fully saturated rings. The molecule has 0 spiro atoms. The first-order chi connectivity index (χ1) is 17.0. The highest BCUT2D eigenvalue weighted by atomic mass is 35.5. The molecule has 0 bridgehead atoms. The third-order valence-corrected chi connectivity index (χ3v) is 6.17. The number of carbonyl (C=O) groups excluding carboxylic acids is 1. The van der Waals surface area contributed by atoms with Crippen molar-refractivity contribution in [2.45, 2.75) is 60.2 Å². The summed E-state index contributed by atoms with van der Waals surface area (Å²) in [5, 5.41) is 6.62. The summed E-state index contributed by atoms with van der Waals surface area (Å²) in [7, 11) is 1.89. The Morgan fingerprint density at radius 1 is 1.17 bits per heavy atom. The number of hydrogen-bond acceptors (Lipinski definition) is 4. The van der Waals surface area contributed by atoms with Gasteiger partial charge in [0.1, 0.15) is 6.17 Å². The molecule has 0 aliphatic rings. The van der Waals surface area contributed by atoms with Gasteiger partial charge in [0, 0.05) is 30.5 Å². The van der Waals surface area contributed by atoms with Crippen molar-refractivity contribution in [3.05, 3.63) is 82.2 Å². The lowest BCUT2D eigenvalue weighted by atomic mass is 10.1. The summed E-state index contributed by atoms with van der Waals surface area (Å²) in [6, 6.07) is 8.30. The van der Waals surface area contributed by atoms with E-state index in [4.69, 9.17) is 11.6 Å². The number of nitrogens with zero attached hydrogens (tertiary/aromatic N) is 2. The zero-order chi connectivity index (χ0) is 27.0. The van der Waals surface area contributed by atoms with E-state index in [1.165, 1.54) is 13.1 Å². The largest absolute Gasteiger partial charge is 0.360 e. The summed E-state index contributed by atoms with van der Waals surface area (Å²) in [6.45, 7) is 10.9. The van der Waals surface area contributed by atoms with E-state index in [0.29, 0.717) is 27.6 Å². The molecule has 5 nitrogen and oxygen atoms in total. The van der Waals surface area contributed by atoms with Crippen LogP contribution in [0.1, 0.15) is 62.5 Å². The highest BCUT2D eigenvalue weighted by molar-refractivity contribution is 6.34. The molecule has 0 saturated heterocycles. The fraction of sp³-hybridized carbons (Fsp3) is 0.357. The van der Waals surface area contributed by atoms with Gasteiger partial charge in [-0.15, -0.1) is 0 Å². The molecule has 2 N–H and O–H groups in total. The molecule has 0 heterocycles. The van der Waals surface area contributed by atoms with Gasteiger partial charge >= 0.3 is 0 Å².